The standard InChI is InChI=1S/C46H51N7O4/c1-49-40-5-3-2-4-38(40)39-9-6-31(25-42(39)49)32-7-12-43(47-26-32)52-28-36(29-52)57-35-17-20-50(21-18-35)19-14-30-15-22-51(23-16-30)34-8-10-37-33(24-34)27-53(46(37)56)41-11-13-44(54)48-45(41)55/h2-10,12,24-26,30,35-36,41H,11,13-23,27-29H2,1H3,(H,48,54,55). The average molecular weight is 766 g/mol. The van der Waals surface area contributed by atoms with Crippen LogP contribution in [0.5, 0.6) is 0 Å². The molecule has 4 fully saturated rings. The Labute approximate surface area is 333 Å². The predicted molar refractivity (Wildman–Crippen MR) is 222 cm³/mol. The first-order valence-electron chi connectivity index (χ1n) is 20.9. The van der Waals surface area contributed by atoms with Crippen LogP contribution in [0, 0.1) is 5.92 Å². The summed E-state index contributed by atoms with van der Waals surface area (Å²) in [7, 11) is 2.14. The Balaban J connectivity index is 0.639. The number of piperidine rings is 3. The molecular formula is C46H51N7O4. The van der Waals surface area contributed by atoms with Crippen LogP contribution in [0.3, 0.4) is 0 Å². The number of aromatic nitrogens is 2. The van der Waals surface area contributed by atoms with Gasteiger partial charge in [0.2, 0.25) is 11.8 Å². The Bertz CT molecular complexity index is 2330. The van der Waals surface area contributed by atoms with Crippen molar-refractivity contribution < 1.29 is 19.1 Å². The summed E-state index contributed by atoms with van der Waals surface area (Å²) in [6, 6.07) is 25.2. The number of carbonyl (C=O) groups is 3. The van der Waals surface area contributed by atoms with Gasteiger partial charge in [-0.2, -0.15) is 0 Å². The fraction of sp³-hybridized carbons (Fsp3) is 0.435. The van der Waals surface area contributed by atoms with E-state index in [0.29, 0.717) is 24.6 Å². The number of hydrogen-bond donors (Lipinski definition) is 1. The van der Waals surface area contributed by atoms with Crippen molar-refractivity contribution in [3.63, 3.8) is 0 Å². The Morgan fingerprint density at radius 3 is 2.35 bits per heavy atom. The maximum atomic E-state index is 13.1. The number of pyridine rings is 1. The molecule has 5 aromatic rings. The van der Waals surface area contributed by atoms with Crippen LogP contribution >= 0.6 is 0 Å². The smallest absolute Gasteiger partial charge is 0.255 e. The topological polar surface area (TPSA) is 103 Å². The fourth-order valence-electron chi connectivity index (χ4n) is 9.94. The predicted octanol–water partition coefficient (Wildman–Crippen LogP) is 6.13. The molecule has 294 valence electrons. The Hall–Kier alpha value is -5.26. The quantitative estimate of drug-likeness (QED) is 0.179. The first kappa shape index (κ1) is 36.1. The fourth-order valence-corrected chi connectivity index (χ4v) is 9.94. The molecule has 0 bridgehead atoms. The van der Waals surface area contributed by atoms with Gasteiger partial charge in [-0.25, -0.2) is 4.98 Å². The number of fused-ring (bicyclic) bond motifs is 4. The molecule has 2 aromatic heterocycles. The van der Waals surface area contributed by atoms with Crippen molar-refractivity contribution in [2.45, 2.75) is 69.7 Å². The molecule has 5 aliphatic heterocycles. The first-order chi connectivity index (χ1) is 27.8. The number of carbonyl (C=O) groups excluding carboxylic acids is 3. The first-order valence-corrected chi connectivity index (χ1v) is 20.9. The molecule has 0 spiro atoms. The number of likely N-dealkylation sites (tertiary alicyclic amines) is 1. The molecule has 4 saturated heterocycles. The van der Waals surface area contributed by atoms with E-state index in [2.05, 4.69) is 98.4 Å². The summed E-state index contributed by atoms with van der Waals surface area (Å²) in [5.41, 5.74) is 7.61. The van der Waals surface area contributed by atoms with Crippen LogP contribution in [-0.4, -0.2) is 101 Å². The van der Waals surface area contributed by atoms with Crippen molar-refractivity contribution in [2.24, 2.45) is 13.0 Å². The van der Waals surface area contributed by atoms with Gasteiger partial charge in [0, 0.05) is 104 Å². The minimum absolute atomic E-state index is 0.114. The largest absolute Gasteiger partial charge is 0.372 e. The van der Waals surface area contributed by atoms with Crippen LogP contribution in [0.2, 0.25) is 0 Å². The highest BCUT2D eigenvalue weighted by molar-refractivity contribution is 6.09. The molecule has 3 aromatic carbocycles. The summed E-state index contributed by atoms with van der Waals surface area (Å²) < 4.78 is 8.85. The molecule has 10 rings (SSSR count). The lowest BCUT2D eigenvalue weighted by Gasteiger charge is -2.43. The second-order valence-electron chi connectivity index (χ2n) is 16.9. The van der Waals surface area contributed by atoms with E-state index in [1.54, 1.807) is 4.90 Å². The molecule has 1 unspecified atom stereocenters. The zero-order valence-electron chi connectivity index (χ0n) is 32.7. The van der Waals surface area contributed by atoms with Gasteiger partial charge < -0.3 is 28.9 Å². The highest BCUT2D eigenvalue weighted by Gasteiger charge is 2.39. The van der Waals surface area contributed by atoms with Gasteiger partial charge in [-0.15, -0.1) is 0 Å². The maximum Gasteiger partial charge on any atom is 0.255 e. The number of aryl methyl sites for hydroxylation is 1. The van der Waals surface area contributed by atoms with Crippen LogP contribution < -0.4 is 15.1 Å². The SMILES string of the molecule is Cn1c2ccccc2c2ccc(-c3ccc(N4CC(OC5CCN(CCC6CCN(c7ccc8c(c7)CN(C7CCC(=O)NC7=O)C8=O)CC6)CC5)C4)nc3)cc21. The number of rotatable bonds is 9. The molecule has 0 radical (unpaired) electrons. The van der Waals surface area contributed by atoms with Gasteiger partial charge in [0.25, 0.3) is 5.91 Å². The highest BCUT2D eigenvalue weighted by atomic mass is 16.5. The van der Waals surface area contributed by atoms with Crippen LogP contribution in [0.15, 0.2) is 79.0 Å². The van der Waals surface area contributed by atoms with Crippen molar-refractivity contribution in [1.82, 2.24) is 24.7 Å². The van der Waals surface area contributed by atoms with Crippen LogP contribution in [0.4, 0.5) is 11.5 Å². The third kappa shape index (κ3) is 6.95. The number of nitrogens with zero attached hydrogens (tertiary/aromatic N) is 6. The van der Waals surface area contributed by atoms with Crippen LogP contribution in [-0.2, 0) is 27.9 Å². The lowest BCUT2D eigenvalue weighted by Crippen LogP contribution is -2.54. The van der Waals surface area contributed by atoms with Gasteiger partial charge >= 0.3 is 0 Å². The van der Waals surface area contributed by atoms with E-state index in [1.807, 2.05) is 12.3 Å². The highest BCUT2D eigenvalue weighted by Crippen LogP contribution is 2.35. The van der Waals surface area contributed by atoms with Gasteiger partial charge in [0.1, 0.15) is 11.9 Å². The molecule has 11 nitrogen and oxygen atoms in total. The molecule has 3 amide bonds. The molecule has 1 N–H and O–H groups in total. The Kier molecular flexibility index (Phi) is 9.45. The summed E-state index contributed by atoms with van der Waals surface area (Å²) >= 11 is 0. The van der Waals surface area contributed by atoms with E-state index in [0.717, 1.165) is 87.2 Å². The number of amides is 3. The zero-order chi connectivity index (χ0) is 38.6. The van der Waals surface area contributed by atoms with Crippen molar-refractivity contribution in [1.29, 1.82) is 0 Å². The number of para-hydroxylation sites is 1. The maximum absolute atomic E-state index is 13.1. The van der Waals surface area contributed by atoms with E-state index < -0.39 is 6.04 Å². The normalized spacial score (nSPS) is 21.5. The van der Waals surface area contributed by atoms with Crippen LogP contribution in [0.25, 0.3) is 32.9 Å². The lowest BCUT2D eigenvalue weighted by atomic mass is 9.92. The van der Waals surface area contributed by atoms with E-state index >= 15 is 0 Å². The van der Waals surface area contributed by atoms with Gasteiger partial charge in [-0.05, 0) is 105 Å². The summed E-state index contributed by atoms with van der Waals surface area (Å²) in [6.45, 7) is 7.63. The Morgan fingerprint density at radius 1 is 0.772 bits per heavy atom. The molecule has 11 heteroatoms. The lowest BCUT2D eigenvalue weighted by molar-refractivity contribution is -0.136. The molecule has 0 saturated carbocycles. The molecular weight excluding hydrogens is 715 g/mol. The molecule has 7 heterocycles. The summed E-state index contributed by atoms with van der Waals surface area (Å²) in [6.07, 6.45) is 9.07. The average Bonchev–Trinajstić information content (AvgIpc) is 3.71. The molecule has 0 aliphatic carbocycles. The summed E-state index contributed by atoms with van der Waals surface area (Å²) in [5.74, 6) is 1.01. The minimum Gasteiger partial charge on any atom is -0.372 e. The van der Waals surface area contributed by atoms with Gasteiger partial charge in [-0.3, -0.25) is 19.7 Å². The summed E-state index contributed by atoms with van der Waals surface area (Å²) in [5, 5.41) is 4.96. The number of anilines is 2. The van der Waals surface area contributed by atoms with E-state index in [1.165, 1.54) is 46.6 Å². The molecule has 57 heavy (non-hydrogen) atoms. The third-order valence-corrected chi connectivity index (χ3v) is 13.4. The van der Waals surface area contributed by atoms with E-state index in [4.69, 9.17) is 9.72 Å². The van der Waals surface area contributed by atoms with E-state index in [9.17, 15) is 14.4 Å². The van der Waals surface area contributed by atoms with Crippen molar-refractivity contribution >= 4 is 51.0 Å². The van der Waals surface area contributed by atoms with Gasteiger partial charge in [0.05, 0.1) is 12.2 Å². The number of benzene rings is 3. The number of ether oxygens (including phenoxy) is 1. The van der Waals surface area contributed by atoms with Crippen molar-refractivity contribution in [2.75, 3.05) is 55.6 Å². The zero-order valence-corrected chi connectivity index (χ0v) is 32.7. The molecule has 1 atom stereocenters. The minimum atomic E-state index is -0.577. The monoisotopic (exact) mass is 765 g/mol. The second kappa shape index (κ2) is 14.9. The van der Waals surface area contributed by atoms with Crippen molar-refractivity contribution in [3.05, 3.63) is 90.1 Å². The molecule has 5 aliphatic rings. The number of nitrogens with one attached hydrogen (secondary N) is 1. The Morgan fingerprint density at radius 2 is 1.56 bits per heavy atom. The third-order valence-electron chi connectivity index (χ3n) is 13.4. The summed E-state index contributed by atoms with van der Waals surface area (Å²) in [4.78, 5) is 51.1. The van der Waals surface area contributed by atoms with E-state index in [-0.39, 0.29) is 30.2 Å². The van der Waals surface area contributed by atoms with Gasteiger partial charge in [0.15, 0.2) is 0 Å². The van der Waals surface area contributed by atoms with Gasteiger partial charge in [-0.1, -0.05) is 30.3 Å². The number of imide groups is 1. The second-order valence-corrected chi connectivity index (χ2v) is 16.9. The number of hydrogen-bond acceptors (Lipinski definition) is 8. The van der Waals surface area contributed by atoms with Crippen molar-refractivity contribution in [3.8, 4) is 11.1 Å². The van der Waals surface area contributed by atoms with Crippen LogP contribution in [0.1, 0.15) is 60.9 Å².